The summed E-state index contributed by atoms with van der Waals surface area (Å²) in [4.78, 5) is 19.3. The minimum Gasteiger partial charge on any atom is -0.306 e. The zero-order chi connectivity index (χ0) is 13.1. The summed E-state index contributed by atoms with van der Waals surface area (Å²) in [6.07, 6.45) is 1.20. The van der Waals surface area contributed by atoms with Crippen molar-refractivity contribution in [3.63, 3.8) is 0 Å². The Morgan fingerprint density at radius 1 is 1.33 bits per heavy atom. The minimum atomic E-state index is -0.615. The van der Waals surface area contributed by atoms with Gasteiger partial charge in [-0.05, 0) is 18.2 Å². The van der Waals surface area contributed by atoms with Crippen molar-refractivity contribution in [2.24, 2.45) is 0 Å². The average molecular weight is 331 g/mol. The van der Waals surface area contributed by atoms with Gasteiger partial charge >= 0.3 is 0 Å². The van der Waals surface area contributed by atoms with Gasteiger partial charge in [0, 0.05) is 10.5 Å². The molecule has 1 N–H and O–H groups in total. The Kier molecular flexibility index (Phi) is 3.88. The molecule has 1 heterocycles. The highest BCUT2D eigenvalue weighted by atomic mass is 79.9. The van der Waals surface area contributed by atoms with E-state index in [2.05, 4.69) is 31.2 Å². The summed E-state index contributed by atoms with van der Waals surface area (Å²) in [5.41, 5.74) is -0.0842. The first-order valence-electron chi connectivity index (χ1n) is 4.80. The van der Waals surface area contributed by atoms with E-state index in [1.165, 1.54) is 30.6 Å². The summed E-state index contributed by atoms with van der Waals surface area (Å²) >= 11 is 8.82. The predicted octanol–water partition coefficient (Wildman–Crippen LogP) is 3.28. The smallest absolute Gasteiger partial charge is 0.259 e. The molecule has 0 atom stereocenters. The van der Waals surface area contributed by atoms with Crippen molar-refractivity contribution in [1.29, 1.82) is 0 Å². The van der Waals surface area contributed by atoms with E-state index < -0.39 is 11.7 Å². The van der Waals surface area contributed by atoms with Crippen LogP contribution >= 0.6 is 27.5 Å². The van der Waals surface area contributed by atoms with Crippen LogP contribution in [0.5, 0.6) is 0 Å². The maximum Gasteiger partial charge on any atom is 0.259 e. The van der Waals surface area contributed by atoms with Gasteiger partial charge in [-0.1, -0.05) is 27.5 Å². The molecule has 0 aliphatic heterocycles. The molecule has 0 unspecified atom stereocenters. The van der Waals surface area contributed by atoms with Gasteiger partial charge < -0.3 is 5.32 Å². The first kappa shape index (κ1) is 12.9. The van der Waals surface area contributed by atoms with Gasteiger partial charge in [0.15, 0.2) is 0 Å². The molecule has 4 nitrogen and oxygen atoms in total. The van der Waals surface area contributed by atoms with E-state index in [1.54, 1.807) is 0 Å². The number of rotatable bonds is 2. The molecule has 0 saturated carbocycles. The summed E-state index contributed by atoms with van der Waals surface area (Å²) in [7, 11) is 0. The van der Waals surface area contributed by atoms with E-state index in [-0.39, 0.29) is 16.5 Å². The van der Waals surface area contributed by atoms with Crippen LogP contribution in [0.15, 0.2) is 35.1 Å². The Labute approximate surface area is 115 Å². The maximum absolute atomic E-state index is 13.5. The van der Waals surface area contributed by atoms with Crippen LogP contribution < -0.4 is 5.32 Å². The zero-order valence-electron chi connectivity index (χ0n) is 8.82. The Hall–Kier alpha value is -1.53. The van der Waals surface area contributed by atoms with Crippen LogP contribution in [-0.2, 0) is 0 Å². The van der Waals surface area contributed by atoms with E-state index in [4.69, 9.17) is 11.6 Å². The Morgan fingerprint density at radius 3 is 2.83 bits per heavy atom. The summed E-state index contributed by atoms with van der Waals surface area (Å²) in [6.45, 7) is 0. The van der Waals surface area contributed by atoms with Crippen molar-refractivity contribution in [2.45, 2.75) is 0 Å². The number of nitrogens with one attached hydrogen (secondary N) is 1. The van der Waals surface area contributed by atoms with Gasteiger partial charge in [-0.2, -0.15) is 0 Å². The molecule has 7 heteroatoms. The van der Waals surface area contributed by atoms with Crippen molar-refractivity contribution >= 4 is 39.3 Å². The number of amides is 1. The largest absolute Gasteiger partial charge is 0.306 e. The monoisotopic (exact) mass is 329 g/mol. The topological polar surface area (TPSA) is 54.9 Å². The molecule has 2 aromatic rings. The Morgan fingerprint density at radius 2 is 2.11 bits per heavy atom. The Balaban J connectivity index is 2.24. The average Bonchev–Trinajstić information content (AvgIpc) is 2.32. The number of hydrogen-bond donors (Lipinski definition) is 1. The van der Waals surface area contributed by atoms with Crippen LogP contribution in [0, 0.1) is 5.82 Å². The first-order valence-corrected chi connectivity index (χ1v) is 5.97. The van der Waals surface area contributed by atoms with Crippen molar-refractivity contribution in [1.82, 2.24) is 9.97 Å². The third-order valence-corrected chi connectivity index (χ3v) is 2.75. The second-order valence-corrected chi connectivity index (χ2v) is 4.61. The first-order chi connectivity index (χ1) is 8.56. The molecule has 18 heavy (non-hydrogen) atoms. The number of aromatic nitrogens is 2. The van der Waals surface area contributed by atoms with Crippen LogP contribution in [-0.4, -0.2) is 15.9 Å². The van der Waals surface area contributed by atoms with Gasteiger partial charge in [-0.25, -0.2) is 14.4 Å². The van der Waals surface area contributed by atoms with Gasteiger partial charge in [0.25, 0.3) is 5.91 Å². The number of carbonyl (C=O) groups is 1. The molecule has 1 amide bonds. The molecule has 1 aromatic carbocycles. The SMILES string of the molecule is O=C(Nc1cc(Cl)ncn1)c1cc(Br)ccc1F. The summed E-state index contributed by atoms with van der Waals surface area (Å²) in [5.74, 6) is -1.02. The molecule has 1 aromatic heterocycles. The van der Waals surface area contributed by atoms with Crippen molar-refractivity contribution in [3.8, 4) is 0 Å². The third-order valence-electron chi connectivity index (χ3n) is 2.05. The highest BCUT2D eigenvalue weighted by molar-refractivity contribution is 9.10. The van der Waals surface area contributed by atoms with E-state index >= 15 is 0 Å². The molecular weight excluding hydrogens is 324 g/mol. The summed E-state index contributed by atoms with van der Waals surface area (Å²) < 4.78 is 14.1. The molecule has 0 aliphatic carbocycles. The van der Waals surface area contributed by atoms with E-state index in [0.717, 1.165) is 0 Å². The number of halogens is 3. The fourth-order valence-electron chi connectivity index (χ4n) is 1.26. The summed E-state index contributed by atoms with van der Waals surface area (Å²) in [6, 6.07) is 5.46. The number of carbonyl (C=O) groups excluding carboxylic acids is 1. The van der Waals surface area contributed by atoms with Crippen molar-refractivity contribution in [2.75, 3.05) is 5.32 Å². The van der Waals surface area contributed by atoms with Crippen molar-refractivity contribution in [3.05, 3.63) is 51.6 Å². The molecule has 0 fully saturated rings. The normalized spacial score (nSPS) is 10.2. The number of benzene rings is 1. The molecule has 0 spiro atoms. The fourth-order valence-corrected chi connectivity index (χ4v) is 1.77. The number of hydrogen-bond acceptors (Lipinski definition) is 3. The highest BCUT2D eigenvalue weighted by Gasteiger charge is 2.13. The molecule has 0 radical (unpaired) electrons. The van der Waals surface area contributed by atoms with Gasteiger partial charge in [-0.15, -0.1) is 0 Å². The van der Waals surface area contributed by atoms with Gasteiger partial charge in [0.2, 0.25) is 0 Å². The number of anilines is 1. The summed E-state index contributed by atoms with van der Waals surface area (Å²) in [5, 5.41) is 2.62. The highest BCUT2D eigenvalue weighted by Crippen LogP contribution is 2.17. The van der Waals surface area contributed by atoms with Crippen LogP contribution in [0.4, 0.5) is 10.2 Å². The zero-order valence-corrected chi connectivity index (χ0v) is 11.2. The lowest BCUT2D eigenvalue weighted by molar-refractivity contribution is 0.102. The van der Waals surface area contributed by atoms with E-state index in [0.29, 0.717) is 4.47 Å². The predicted molar refractivity (Wildman–Crippen MR) is 69.1 cm³/mol. The van der Waals surface area contributed by atoms with Gasteiger partial charge in [0.05, 0.1) is 5.56 Å². The maximum atomic E-state index is 13.5. The molecular formula is C11H6BrClFN3O. The molecule has 0 aliphatic rings. The van der Waals surface area contributed by atoms with Gasteiger partial charge in [-0.3, -0.25) is 4.79 Å². The Bertz CT molecular complexity index is 609. The lowest BCUT2D eigenvalue weighted by Gasteiger charge is -2.05. The third kappa shape index (κ3) is 3.02. The molecule has 92 valence electrons. The van der Waals surface area contributed by atoms with Crippen LogP contribution in [0.3, 0.4) is 0 Å². The number of nitrogens with zero attached hydrogens (tertiary/aromatic N) is 2. The molecule has 2 rings (SSSR count). The van der Waals surface area contributed by atoms with Crippen LogP contribution in [0.2, 0.25) is 5.15 Å². The van der Waals surface area contributed by atoms with E-state index in [9.17, 15) is 9.18 Å². The minimum absolute atomic E-state index is 0.0842. The fraction of sp³-hybridized carbons (Fsp3) is 0. The van der Waals surface area contributed by atoms with Crippen LogP contribution in [0.25, 0.3) is 0 Å². The standard InChI is InChI=1S/C11H6BrClFN3O/c12-6-1-2-8(14)7(3-6)11(18)17-10-4-9(13)15-5-16-10/h1-5H,(H,15,16,17,18). The van der Waals surface area contributed by atoms with E-state index in [1.807, 2.05) is 0 Å². The quantitative estimate of drug-likeness (QED) is 0.860. The lowest BCUT2D eigenvalue weighted by atomic mass is 10.2. The lowest BCUT2D eigenvalue weighted by Crippen LogP contribution is -2.14. The molecule has 0 saturated heterocycles. The second kappa shape index (κ2) is 5.41. The van der Waals surface area contributed by atoms with Crippen molar-refractivity contribution < 1.29 is 9.18 Å². The molecule has 0 bridgehead atoms. The second-order valence-electron chi connectivity index (χ2n) is 3.30. The van der Waals surface area contributed by atoms with Crippen LogP contribution in [0.1, 0.15) is 10.4 Å². The van der Waals surface area contributed by atoms with Gasteiger partial charge in [0.1, 0.15) is 23.1 Å².